The Labute approximate surface area is 138 Å². The van der Waals surface area contributed by atoms with E-state index in [1.807, 2.05) is 0 Å². The minimum atomic E-state index is -3.79. The third kappa shape index (κ3) is 3.58. The fourth-order valence-electron chi connectivity index (χ4n) is 2.19. The van der Waals surface area contributed by atoms with Gasteiger partial charge in [-0.1, -0.05) is 6.07 Å². The van der Waals surface area contributed by atoms with Crippen LogP contribution in [0.15, 0.2) is 47.5 Å². The number of hydrogen-bond acceptors (Lipinski definition) is 5. The summed E-state index contributed by atoms with van der Waals surface area (Å²) < 4.78 is 27.2. The van der Waals surface area contributed by atoms with Crippen molar-refractivity contribution in [1.82, 2.24) is 9.71 Å². The van der Waals surface area contributed by atoms with E-state index in [9.17, 15) is 18.0 Å². The van der Waals surface area contributed by atoms with Crippen LogP contribution in [-0.4, -0.2) is 25.2 Å². The molecule has 3 rings (SSSR count). The molecule has 2 amide bonds. The van der Waals surface area contributed by atoms with Crippen molar-refractivity contribution < 1.29 is 18.0 Å². The summed E-state index contributed by atoms with van der Waals surface area (Å²) in [4.78, 5) is 27.1. The molecule has 1 aromatic carbocycles. The molecule has 0 bridgehead atoms. The molecule has 2 heterocycles. The Hall–Kier alpha value is -2.78. The number of amides is 2. The topological polar surface area (TPSA) is 117 Å². The predicted octanol–water partition coefficient (Wildman–Crippen LogP) is 0.841. The maximum Gasteiger partial charge on any atom is 0.240 e. The number of rotatable bonds is 4. The highest BCUT2D eigenvalue weighted by Crippen LogP contribution is 2.27. The number of aromatic nitrogens is 1. The summed E-state index contributed by atoms with van der Waals surface area (Å²) >= 11 is 0. The molecular weight excluding hydrogens is 332 g/mol. The molecule has 1 aliphatic heterocycles. The molecule has 0 saturated carbocycles. The van der Waals surface area contributed by atoms with Gasteiger partial charge in [0, 0.05) is 6.20 Å². The van der Waals surface area contributed by atoms with E-state index >= 15 is 0 Å². The Bertz CT molecular complexity index is 897. The minimum absolute atomic E-state index is 0.0198. The average Bonchev–Trinajstić information content (AvgIpc) is 2.69. The summed E-state index contributed by atoms with van der Waals surface area (Å²) in [5, 5.41) is 5.05. The molecule has 124 valence electrons. The first-order valence-corrected chi connectivity index (χ1v) is 8.56. The van der Waals surface area contributed by atoms with Gasteiger partial charge in [-0.25, -0.2) is 13.1 Å². The van der Waals surface area contributed by atoms with Gasteiger partial charge in [0.15, 0.2) is 0 Å². The number of sulfonamides is 1. The van der Waals surface area contributed by atoms with Crippen molar-refractivity contribution in [3.63, 3.8) is 0 Å². The lowest BCUT2D eigenvalue weighted by Crippen LogP contribution is -2.24. The molecular formula is C15H14N4O4S. The van der Waals surface area contributed by atoms with E-state index in [0.29, 0.717) is 11.4 Å². The molecule has 2 aromatic rings. The van der Waals surface area contributed by atoms with E-state index in [1.165, 1.54) is 18.2 Å². The van der Waals surface area contributed by atoms with E-state index in [0.717, 1.165) is 0 Å². The van der Waals surface area contributed by atoms with Crippen molar-refractivity contribution >= 4 is 33.2 Å². The van der Waals surface area contributed by atoms with E-state index < -0.39 is 21.8 Å². The van der Waals surface area contributed by atoms with Gasteiger partial charge < -0.3 is 10.6 Å². The van der Waals surface area contributed by atoms with Crippen molar-refractivity contribution in [2.24, 2.45) is 0 Å². The van der Waals surface area contributed by atoms with Crippen LogP contribution >= 0.6 is 0 Å². The maximum atomic E-state index is 12.4. The predicted molar refractivity (Wildman–Crippen MR) is 86.6 cm³/mol. The van der Waals surface area contributed by atoms with Gasteiger partial charge in [-0.05, 0) is 30.3 Å². The second kappa shape index (κ2) is 6.38. The summed E-state index contributed by atoms with van der Waals surface area (Å²) in [6.07, 6.45) is 1.26. The molecule has 0 atom stereocenters. The van der Waals surface area contributed by atoms with Crippen molar-refractivity contribution in [2.45, 2.75) is 17.9 Å². The number of fused-ring (bicyclic) bond motifs is 1. The largest absolute Gasteiger partial charge is 0.324 e. The normalized spacial score (nSPS) is 14.3. The zero-order valence-electron chi connectivity index (χ0n) is 12.4. The molecule has 0 spiro atoms. The third-order valence-electron chi connectivity index (χ3n) is 3.34. The fraction of sp³-hybridized carbons (Fsp3) is 0.133. The maximum absolute atomic E-state index is 12.4. The second-order valence-corrected chi connectivity index (χ2v) is 6.89. The Morgan fingerprint density at radius 3 is 2.50 bits per heavy atom. The molecule has 3 N–H and O–H groups in total. The Balaban J connectivity index is 1.84. The van der Waals surface area contributed by atoms with Gasteiger partial charge >= 0.3 is 0 Å². The third-order valence-corrected chi connectivity index (χ3v) is 4.74. The summed E-state index contributed by atoms with van der Waals surface area (Å²) in [5.74, 6) is -0.947. The number of benzene rings is 1. The van der Waals surface area contributed by atoms with Crippen LogP contribution in [0.25, 0.3) is 0 Å². The number of nitrogens with one attached hydrogen (secondary N) is 3. The van der Waals surface area contributed by atoms with Crippen LogP contribution in [0.5, 0.6) is 0 Å². The van der Waals surface area contributed by atoms with E-state index in [-0.39, 0.29) is 23.5 Å². The monoisotopic (exact) mass is 346 g/mol. The van der Waals surface area contributed by atoms with Gasteiger partial charge in [-0.2, -0.15) is 0 Å². The molecule has 0 aliphatic carbocycles. The first-order chi connectivity index (χ1) is 11.4. The molecule has 24 heavy (non-hydrogen) atoms. The van der Waals surface area contributed by atoms with Crippen LogP contribution in [-0.2, 0) is 26.2 Å². The fourth-order valence-corrected chi connectivity index (χ4v) is 3.22. The number of hydrogen-bond donors (Lipinski definition) is 3. The summed E-state index contributed by atoms with van der Waals surface area (Å²) in [5.41, 5.74) is 1.18. The number of anilines is 2. The highest BCUT2D eigenvalue weighted by atomic mass is 32.2. The van der Waals surface area contributed by atoms with Crippen LogP contribution < -0.4 is 15.4 Å². The number of pyridine rings is 1. The molecule has 1 aliphatic rings. The highest BCUT2D eigenvalue weighted by Gasteiger charge is 2.21. The first-order valence-electron chi connectivity index (χ1n) is 7.07. The van der Waals surface area contributed by atoms with Crippen LogP contribution in [0.4, 0.5) is 11.4 Å². The molecule has 8 nitrogen and oxygen atoms in total. The number of carbonyl (C=O) groups is 2. The van der Waals surface area contributed by atoms with E-state index in [2.05, 4.69) is 20.3 Å². The summed E-state index contributed by atoms with van der Waals surface area (Å²) in [6, 6.07) is 9.30. The molecule has 0 saturated heterocycles. The molecule has 0 unspecified atom stereocenters. The highest BCUT2D eigenvalue weighted by molar-refractivity contribution is 7.89. The molecule has 1 aromatic heterocycles. The van der Waals surface area contributed by atoms with E-state index in [1.54, 1.807) is 24.4 Å². The summed E-state index contributed by atoms with van der Waals surface area (Å²) in [6.45, 7) is 0.0450. The van der Waals surface area contributed by atoms with E-state index in [4.69, 9.17) is 0 Å². The Kier molecular flexibility index (Phi) is 4.28. The van der Waals surface area contributed by atoms with Gasteiger partial charge in [-0.3, -0.25) is 14.6 Å². The van der Waals surface area contributed by atoms with Crippen molar-refractivity contribution in [1.29, 1.82) is 0 Å². The zero-order chi connectivity index (χ0) is 17.2. The van der Waals surface area contributed by atoms with Gasteiger partial charge in [0.05, 0.1) is 28.5 Å². The lowest BCUT2D eigenvalue weighted by molar-refractivity contribution is -0.123. The Morgan fingerprint density at radius 1 is 1.04 bits per heavy atom. The first kappa shape index (κ1) is 16.1. The zero-order valence-corrected chi connectivity index (χ0v) is 13.3. The van der Waals surface area contributed by atoms with Gasteiger partial charge in [-0.15, -0.1) is 0 Å². The van der Waals surface area contributed by atoms with Gasteiger partial charge in [0.25, 0.3) is 0 Å². The smallest absolute Gasteiger partial charge is 0.240 e. The van der Waals surface area contributed by atoms with Crippen LogP contribution in [0, 0.1) is 0 Å². The van der Waals surface area contributed by atoms with Crippen molar-refractivity contribution in [2.75, 3.05) is 10.6 Å². The van der Waals surface area contributed by atoms with Crippen molar-refractivity contribution in [3.05, 3.63) is 48.3 Å². The average molecular weight is 346 g/mol. The lowest BCUT2D eigenvalue weighted by Gasteiger charge is -2.11. The molecule has 0 radical (unpaired) electrons. The van der Waals surface area contributed by atoms with Crippen LogP contribution in [0.1, 0.15) is 12.1 Å². The van der Waals surface area contributed by atoms with Gasteiger partial charge in [0.1, 0.15) is 6.42 Å². The van der Waals surface area contributed by atoms with Crippen LogP contribution in [0.3, 0.4) is 0 Å². The standard InChI is InChI=1S/C15H14N4O4S/c20-14-8-15(21)19-13-7-11(4-5-12(13)18-14)24(22,23)17-9-10-3-1-2-6-16-10/h1-7,17H,8-9H2,(H,18,20)(H,19,21). The minimum Gasteiger partial charge on any atom is -0.324 e. The molecule has 0 fully saturated rings. The second-order valence-electron chi connectivity index (χ2n) is 5.13. The molecule has 9 heteroatoms. The van der Waals surface area contributed by atoms with Gasteiger partial charge in [0.2, 0.25) is 21.8 Å². The Morgan fingerprint density at radius 2 is 1.79 bits per heavy atom. The quantitative estimate of drug-likeness (QED) is 0.709. The number of carbonyl (C=O) groups excluding carboxylic acids is 2. The number of nitrogens with zero attached hydrogens (tertiary/aromatic N) is 1. The summed E-state index contributed by atoms with van der Waals surface area (Å²) in [7, 11) is -3.79. The van der Waals surface area contributed by atoms with Crippen molar-refractivity contribution in [3.8, 4) is 0 Å². The lowest BCUT2D eigenvalue weighted by atomic mass is 10.2. The van der Waals surface area contributed by atoms with Crippen LogP contribution in [0.2, 0.25) is 0 Å². The SMILES string of the molecule is O=C1CC(=O)Nc2cc(S(=O)(=O)NCc3ccccn3)ccc2N1.